The van der Waals surface area contributed by atoms with E-state index in [0.717, 1.165) is 16.3 Å². The van der Waals surface area contributed by atoms with Crippen LogP contribution in [-0.2, 0) is 16.6 Å². The van der Waals surface area contributed by atoms with Gasteiger partial charge in [0.2, 0.25) is 0 Å². The van der Waals surface area contributed by atoms with Crippen LogP contribution in [0.15, 0.2) is 102 Å². The molecule has 0 aliphatic heterocycles. The molecule has 1 N–H and O–H groups in total. The number of carbonyl (C=O) groups excluding carboxylic acids is 1. The van der Waals surface area contributed by atoms with Gasteiger partial charge >= 0.3 is 0 Å². The van der Waals surface area contributed by atoms with Crippen molar-refractivity contribution in [2.24, 2.45) is 0 Å². The molecule has 31 heavy (non-hydrogen) atoms. The minimum Gasteiger partial charge on any atom is -0.337 e. The molecule has 0 aromatic heterocycles. The molecule has 5 nitrogen and oxygen atoms in total. The molecule has 0 heterocycles. The van der Waals surface area contributed by atoms with Crippen molar-refractivity contribution in [2.75, 3.05) is 11.8 Å². The first-order valence-corrected chi connectivity index (χ1v) is 11.3. The van der Waals surface area contributed by atoms with Crippen LogP contribution in [0, 0.1) is 0 Å². The molecule has 4 rings (SSSR count). The van der Waals surface area contributed by atoms with E-state index in [1.165, 1.54) is 12.1 Å². The lowest BCUT2D eigenvalue weighted by Gasteiger charge is -2.19. The monoisotopic (exact) mass is 430 g/mol. The summed E-state index contributed by atoms with van der Waals surface area (Å²) in [5.74, 6) is -0.186. The van der Waals surface area contributed by atoms with Crippen LogP contribution in [0.4, 0.5) is 5.69 Å². The summed E-state index contributed by atoms with van der Waals surface area (Å²) >= 11 is 0. The highest BCUT2D eigenvalue weighted by Gasteiger charge is 2.17. The van der Waals surface area contributed by atoms with E-state index in [4.69, 9.17) is 0 Å². The van der Waals surface area contributed by atoms with Gasteiger partial charge in [-0.25, -0.2) is 8.42 Å². The summed E-state index contributed by atoms with van der Waals surface area (Å²) < 4.78 is 27.7. The van der Waals surface area contributed by atoms with Gasteiger partial charge in [-0.15, -0.1) is 0 Å². The number of anilines is 1. The zero-order valence-electron chi connectivity index (χ0n) is 17.0. The van der Waals surface area contributed by atoms with Crippen LogP contribution in [0.25, 0.3) is 10.8 Å². The molecule has 0 bridgehead atoms. The normalized spacial score (nSPS) is 11.3. The Kier molecular flexibility index (Phi) is 5.73. The Labute approximate surface area is 182 Å². The molecule has 0 fully saturated rings. The summed E-state index contributed by atoms with van der Waals surface area (Å²) in [6.45, 7) is 0.445. The fourth-order valence-electron chi connectivity index (χ4n) is 3.51. The van der Waals surface area contributed by atoms with Crippen molar-refractivity contribution in [1.29, 1.82) is 0 Å². The van der Waals surface area contributed by atoms with Crippen molar-refractivity contribution in [3.63, 3.8) is 0 Å². The number of carbonyl (C=O) groups is 1. The summed E-state index contributed by atoms with van der Waals surface area (Å²) in [7, 11) is -1.98. The van der Waals surface area contributed by atoms with Crippen LogP contribution in [0.5, 0.6) is 0 Å². The summed E-state index contributed by atoms with van der Waals surface area (Å²) in [4.78, 5) is 14.8. The molecule has 0 spiro atoms. The van der Waals surface area contributed by atoms with E-state index < -0.39 is 10.0 Å². The number of benzene rings is 4. The van der Waals surface area contributed by atoms with E-state index in [2.05, 4.69) is 4.72 Å². The lowest BCUT2D eigenvalue weighted by atomic mass is 10.0. The molecule has 4 aromatic rings. The number of hydrogen-bond acceptors (Lipinski definition) is 3. The SMILES string of the molecule is CN(Cc1cccc2ccccc12)C(=O)c1cccc(NS(=O)(=O)c2ccccc2)c1. The second-order valence-corrected chi connectivity index (χ2v) is 8.98. The molecule has 0 saturated heterocycles. The Morgan fingerprint density at radius 3 is 2.32 bits per heavy atom. The Hall–Kier alpha value is -3.64. The van der Waals surface area contributed by atoms with Crippen LogP contribution in [0.1, 0.15) is 15.9 Å². The average Bonchev–Trinajstić information content (AvgIpc) is 2.79. The zero-order valence-corrected chi connectivity index (χ0v) is 17.8. The molecule has 0 unspecified atom stereocenters. The second kappa shape index (κ2) is 8.62. The average molecular weight is 431 g/mol. The summed E-state index contributed by atoms with van der Waals surface area (Å²) in [6.07, 6.45) is 0. The predicted molar refractivity (Wildman–Crippen MR) is 123 cm³/mol. The zero-order chi connectivity index (χ0) is 21.8. The number of nitrogens with one attached hydrogen (secondary N) is 1. The Morgan fingerprint density at radius 2 is 1.52 bits per heavy atom. The molecule has 1 amide bonds. The van der Waals surface area contributed by atoms with Gasteiger partial charge in [-0.2, -0.15) is 0 Å². The predicted octanol–water partition coefficient (Wildman–Crippen LogP) is 4.91. The molecule has 0 aliphatic rings. The minimum atomic E-state index is -3.72. The Balaban J connectivity index is 1.54. The third-order valence-corrected chi connectivity index (χ3v) is 6.45. The largest absolute Gasteiger partial charge is 0.337 e. The molecule has 0 saturated carbocycles. The van der Waals surface area contributed by atoms with Crippen molar-refractivity contribution in [3.8, 4) is 0 Å². The first kappa shape index (κ1) is 20.6. The molecule has 4 aromatic carbocycles. The number of sulfonamides is 1. The van der Waals surface area contributed by atoms with Gasteiger partial charge in [-0.05, 0) is 46.7 Å². The highest BCUT2D eigenvalue weighted by molar-refractivity contribution is 7.92. The second-order valence-electron chi connectivity index (χ2n) is 7.30. The first-order chi connectivity index (χ1) is 14.9. The minimum absolute atomic E-state index is 0.166. The van der Waals surface area contributed by atoms with Gasteiger partial charge < -0.3 is 4.90 Å². The molecular formula is C25H22N2O3S. The smallest absolute Gasteiger partial charge is 0.261 e. The van der Waals surface area contributed by atoms with Crippen molar-refractivity contribution in [2.45, 2.75) is 11.4 Å². The molecule has 156 valence electrons. The van der Waals surface area contributed by atoms with E-state index in [1.54, 1.807) is 54.4 Å². The maximum atomic E-state index is 13.0. The maximum absolute atomic E-state index is 13.0. The number of amides is 1. The fourth-order valence-corrected chi connectivity index (χ4v) is 4.58. The Morgan fingerprint density at radius 1 is 0.839 bits per heavy atom. The van der Waals surface area contributed by atoms with Crippen LogP contribution in [0.3, 0.4) is 0 Å². The topological polar surface area (TPSA) is 66.5 Å². The number of fused-ring (bicyclic) bond motifs is 1. The van der Waals surface area contributed by atoms with E-state index in [-0.39, 0.29) is 10.8 Å². The fraction of sp³-hybridized carbons (Fsp3) is 0.0800. The number of nitrogens with zero attached hydrogens (tertiary/aromatic N) is 1. The van der Waals surface area contributed by atoms with Gasteiger partial charge in [0, 0.05) is 24.8 Å². The van der Waals surface area contributed by atoms with Crippen molar-refractivity contribution in [1.82, 2.24) is 4.90 Å². The quantitative estimate of drug-likeness (QED) is 0.472. The van der Waals surface area contributed by atoms with Gasteiger partial charge in [0.05, 0.1) is 4.90 Å². The Bertz CT molecular complexity index is 1330. The molecule has 6 heteroatoms. The van der Waals surface area contributed by atoms with E-state index in [0.29, 0.717) is 17.8 Å². The van der Waals surface area contributed by atoms with Gasteiger partial charge in [-0.1, -0.05) is 66.7 Å². The van der Waals surface area contributed by atoms with Crippen molar-refractivity contribution < 1.29 is 13.2 Å². The maximum Gasteiger partial charge on any atom is 0.261 e. The first-order valence-electron chi connectivity index (χ1n) is 9.84. The standard InChI is InChI=1S/C25H22N2O3S/c1-27(18-21-12-7-10-19-9-5-6-16-24(19)21)25(28)20-11-8-13-22(17-20)26-31(29,30)23-14-3-2-4-15-23/h2-17,26H,18H2,1H3. The number of rotatable bonds is 6. The lowest BCUT2D eigenvalue weighted by molar-refractivity contribution is 0.0785. The summed E-state index contributed by atoms with van der Waals surface area (Å²) in [5.41, 5.74) is 1.80. The van der Waals surface area contributed by atoms with Gasteiger partial charge in [0.25, 0.3) is 15.9 Å². The van der Waals surface area contributed by atoms with Gasteiger partial charge in [0.1, 0.15) is 0 Å². The van der Waals surface area contributed by atoms with Crippen LogP contribution < -0.4 is 4.72 Å². The van der Waals surface area contributed by atoms with Gasteiger partial charge in [-0.3, -0.25) is 9.52 Å². The van der Waals surface area contributed by atoms with Crippen LogP contribution in [-0.4, -0.2) is 26.3 Å². The summed E-state index contributed by atoms with van der Waals surface area (Å²) in [6, 6.07) is 28.8. The molecule has 0 atom stereocenters. The molecular weight excluding hydrogens is 408 g/mol. The lowest BCUT2D eigenvalue weighted by Crippen LogP contribution is -2.26. The van der Waals surface area contributed by atoms with E-state index in [9.17, 15) is 13.2 Å². The van der Waals surface area contributed by atoms with Crippen LogP contribution in [0.2, 0.25) is 0 Å². The van der Waals surface area contributed by atoms with Crippen molar-refractivity contribution >= 4 is 32.4 Å². The highest BCUT2D eigenvalue weighted by atomic mass is 32.2. The van der Waals surface area contributed by atoms with Crippen LogP contribution >= 0.6 is 0 Å². The van der Waals surface area contributed by atoms with Gasteiger partial charge in [0.15, 0.2) is 0 Å². The van der Waals surface area contributed by atoms with E-state index >= 15 is 0 Å². The van der Waals surface area contributed by atoms with E-state index in [1.807, 2.05) is 42.5 Å². The third kappa shape index (κ3) is 4.59. The third-order valence-electron chi connectivity index (χ3n) is 5.05. The van der Waals surface area contributed by atoms with Crippen molar-refractivity contribution in [3.05, 3.63) is 108 Å². The highest BCUT2D eigenvalue weighted by Crippen LogP contribution is 2.21. The molecule has 0 aliphatic carbocycles. The molecule has 0 radical (unpaired) electrons. The summed E-state index contributed by atoms with van der Waals surface area (Å²) in [5, 5.41) is 2.23. The number of hydrogen-bond donors (Lipinski definition) is 1.